The molecule has 0 aromatic carbocycles. The van der Waals surface area contributed by atoms with Gasteiger partial charge < -0.3 is 34.3 Å². The van der Waals surface area contributed by atoms with Crippen LogP contribution in [0.25, 0.3) is 0 Å². The van der Waals surface area contributed by atoms with E-state index in [0.29, 0.717) is 13.0 Å². The van der Waals surface area contributed by atoms with E-state index < -0.39 is 59.8 Å². The molecule has 0 amide bonds. The third-order valence-corrected chi connectivity index (χ3v) is 11.5. The summed E-state index contributed by atoms with van der Waals surface area (Å²) < 4.78 is 59.1. The van der Waals surface area contributed by atoms with E-state index in [1.807, 2.05) is 0 Å². The predicted molar refractivity (Wildman–Crippen MR) is 243 cm³/mol. The van der Waals surface area contributed by atoms with Crippen molar-refractivity contribution in [1.29, 1.82) is 0 Å². The molecule has 1 heterocycles. The topological polar surface area (TPSA) is 178 Å². The van der Waals surface area contributed by atoms with Gasteiger partial charge in [0.25, 0.3) is 0 Å². The largest absolute Gasteiger partial charge is 0.457 e. The number of aliphatic hydroxyl groups excluding tert-OH is 3. The maximum Gasteiger partial charge on any atom is 0.397 e. The van der Waals surface area contributed by atoms with Crippen LogP contribution in [0.5, 0.6) is 0 Å². The zero-order valence-electron chi connectivity index (χ0n) is 38.2. The van der Waals surface area contributed by atoms with Crippen molar-refractivity contribution < 1.29 is 56.2 Å². The number of hydrogen-bond donors (Lipinski definition) is 4. The molecule has 0 aromatic rings. The molecule has 6 atom stereocenters. The van der Waals surface area contributed by atoms with Gasteiger partial charge in [-0.05, 0) is 70.6 Å². The Morgan fingerprint density at radius 1 is 0.623 bits per heavy atom. The number of allylic oxidation sites excluding steroid dienone is 6. The van der Waals surface area contributed by atoms with Crippen LogP contribution in [0.3, 0.4) is 0 Å². The molecular weight excluding hydrogens is 801 g/mol. The highest BCUT2D eigenvalue weighted by atomic mass is 32.3. The Morgan fingerprint density at radius 2 is 1.08 bits per heavy atom. The standard InChI is InChI=1S/C48H88O12S/c1-3-5-7-9-11-13-15-17-19-21-23-25-27-29-31-33-35-37-44(50)58-42(41-57-48-46(52)47(60-61(53,54)55)45(51)43(39-49)59-48)40-56-38-36-34-32-30-28-26-24-22-20-18-16-14-12-10-8-6-4-2/h14,16-17,19-20,22,42-43,45-49,51-52H,3-13,15,18,21,23-41H2,1-2H3,(H,53,54,55)/b16-14-,19-17-,22-20-. The van der Waals surface area contributed by atoms with Crippen LogP contribution in [-0.2, 0) is 38.3 Å². The molecule has 0 saturated carbocycles. The summed E-state index contributed by atoms with van der Waals surface area (Å²) in [4.78, 5) is 12.9. The Labute approximate surface area is 371 Å². The van der Waals surface area contributed by atoms with E-state index in [9.17, 15) is 33.1 Å². The maximum atomic E-state index is 12.9. The predicted octanol–water partition coefficient (Wildman–Crippen LogP) is 10.6. The molecule has 4 N–H and O–H groups in total. The van der Waals surface area contributed by atoms with Crippen LogP contribution in [0.15, 0.2) is 36.5 Å². The third kappa shape index (κ3) is 33.5. The minimum absolute atomic E-state index is 0.0279. The van der Waals surface area contributed by atoms with Crippen molar-refractivity contribution in [2.45, 2.75) is 237 Å². The van der Waals surface area contributed by atoms with E-state index in [-0.39, 0.29) is 19.6 Å². The Kier molecular flexibility index (Phi) is 37.5. The molecule has 13 heteroatoms. The van der Waals surface area contributed by atoms with Crippen LogP contribution < -0.4 is 0 Å². The van der Waals surface area contributed by atoms with Crippen molar-refractivity contribution in [3.63, 3.8) is 0 Å². The first-order chi connectivity index (χ1) is 29.6. The van der Waals surface area contributed by atoms with Gasteiger partial charge in [0.15, 0.2) is 6.29 Å². The number of carbonyl (C=O) groups is 1. The fourth-order valence-corrected chi connectivity index (χ4v) is 7.79. The molecule has 1 fully saturated rings. The molecule has 0 radical (unpaired) electrons. The van der Waals surface area contributed by atoms with Crippen molar-refractivity contribution in [3.05, 3.63) is 36.5 Å². The fraction of sp³-hybridized carbons (Fsp3) is 0.854. The van der Waals surface area contributed by atoms with Crippen LogP contribution in [0.4, 0.5) is 0 Å². The second-order valence-electron chi connectivity index (χ2n) is 16.7. The number of hydrogen-bond acceptors (Lipinski definition) is 11. The summed E-state index contributed by atoms with van der Waals surface area (Å²) in [5, 5.41) is 30.7. The molecule has 358 valence electrons. The minimum Gasteiger partial charge on any atom is -0.457 e. The Hall–Kier alpha value is -1.68. The first-order valence-electron chi connectivity index (χ1n) is 24.2. The minimum atomic E-state index is -5.06. The smallest absolute Gasteiger partial charge is 0.397 e. The number of unbranched alkanes of at least 4 members (excludes halogenated alkanes) is 23. The van der Waals surface area contributed by atoms with E-state index in [4.69, 9.17) is 18.9 Å². The van der Waals surface area contributed by atoms with Crippen molar-refractivity contribution in [2.24, 2.45) is 0 Å². The molecule has 61 heavy (non-hydrogen) atoms. The van der Waals surface area contributed by atoms with Crippen molar-refractivity contribution in [3.8, 4) is 0 Å². The maximum absolute atomic E-state index is 12.9. The highest BCUT2D eigenvalue weighted by Crippen LogP contribution is 2.26. The van der Waals surface area contributed by atoms with E-state index in [0.717, 1.165) is 64.2 Å². The quantitative estimate of drug-likeness (QED) is 0.0198. The number of rotatable bonds is 42. The molecule has 1 aliphatic heterocycles. The lowest BCUT2D eigenvalue weighted by Gasteiger charge is -2.41. The zero-order valence-corrected chi connectivity index (χ0v) is 39.0. The summed E-state index contributed by atoms with van der Waals surface area (Å²) in [5.41, 5.74) is 0. The molecule has 0 bridgehead atoms. The van der Waals surface area contributed by atoms with Gasteiger partial charge in [0.05, 0.1) is 19.8 Å². The molecule has 0 spiro atoms. The third-order valence-electron chi connectivity index (χ3n) is 11.0. The van der Waals surface area contributed by atoms with Gasteiger partial charge in [-0.15, -0.1) is 0 Å². The van der Waals surface area contributed by atoms with Gasteiger partial charge in [-0.3, -0.25) is 9.35 Å². The highest BCUT2D eigenvalue weighted by Gasteiger charge is 2.48. The molecule has 1 rings (SSSR count). The summed E-state index contributed by atoms with van der Waals surface area (Å²) in [7, 11) is -5.06. The van der Waals surface area contributed by atoms with Crippen LogP contribution in [0.2, 0.25) is 0 Å². The Morgan fingerprint density at radius 3 is 1.59 bits per heavy atom. The molecular formula is C48H88O12S. The van der Waals surface area contributed by atoms with Crippen LogP contribution in [0, 0.1) is 0 Å². The normalized spacial score (nSPS) is 20.4. The van der Waals surface area contributed by atoms with Gasteiger partial charge in [-0.1, -0.05) is 159 Å². The van der Waals surface area contributed by atoms with Gasteiger partial charge in [0, 0.05) is 13.0 Å². The number of ether oxygens (including phenoxy) is 4. The van der Waals surface area contributed by atoms with Crippen LogP contribution >= 0.6 is 0 Å². The Bertz CT molecular complexity index is 1210. The summed E-state index contributed by atoms with van der Waals surface area (Å²) in [6, 6.07) is 0. The van der Waals surface area contributed by atoms with Gasteiger partial charge in [-0.25, -0.2) is 4.18 Å². The SMILES string of the molecule is CCCCCC/C=C\C/C=C\CCCCCCCCOCC(COC1OC(CO)C(O)C(OS(=O)(=O)O)C1O)OC(=O)CCCCCCCCC/C=C\CCCCCCCC. The molecule has 0 aliphatic carbocycles. The first-order valence-corrected chi connectivity index (χ1v) is 25.6. The second kappa shape index (κ2) is 39.9. The number of carbonyl (C=O) groups excluding carboxylic acids is 1. The lowest BCUT2D eigenvalue weighted by Crippen LogP contribution is -2.60. The van der Waals surface area contributed by atoms with Crippen LogP contribution in [0.1, 0.15) is 200 Å². The van der Waals surface area contributed by atoms with Gasteiger partial charge in [0.2, 0.25) is 0 Å². The molecule has 6 unspecified atom stereocenters. The molecule has 1 aliphatic rings. The fourth-order valence-electron chi connectivity index (χ4n) is 7.29. The van der Waals surface area contributed by atoms with E-state index in [1.165, 1.54) is 109 Å². The highest BCUT2D eigenvalue weighted by molar-refractivity contribution is 7.80. The van der Waals surface area contributed by atoms with E-state index >= 15 is 0 Å². The monoisotopic (exact) mass is 889 g/mol. The second-order valence-corrected chi connectivity index (χ2v) is 17.7. The van der Waals surface area contributed by atoms with E-state index in [2.05, 4.69) is 54.5 Å². The van der Waals surface area contributed by atoms with Gasteiger partial charge in [-0.2, -0.15) is 8.42 Å². The lowest BCUT2D eigenvalue weighted by molar-refractivity contribution is -0.301. The average molecular weight is 889 g/mol. The van der Waals surface area contributed by atoms with Gasteiger partial charge >= 0.3 is 16.4 Å². The average Bonchev–Trinajstić information content (AvgIpc) is 3.23. The zero-order chi connectivity index (χ0) is 44.7. The summed E-state index contributed by atoms with van der Waals surface area (Å²) in [6.07, 6.45) is 37.4. The van der Waals surface area contributed by atoms with Crippen molar-refractivity contribution in [1.82, 2.24) is 0 Å². The van der Waals surface area contributed by atoms with Gasteiger partial charge in [0.1, 0.15) is 30.5 Å². The summed E-state index contributed by atoms with van der Waals surface area (Å²) in [6.45, 7) is 3.95. The first kappa shape index (κ1) is 57.3. The summed E-state index contributed by atoms with van der Waals surface area (Å²) in [5.74, 6) is -0.407. The number of esters is 1. The summed E-state index contributed by atoms with van der Waals surface area (Å²) >= 11 is 0. The van der Waals surface area contributed by atoms with E-state index in [1.54, 1.807) is 0 Å². The molecule has 0 aromatic heterocycles. The lowest BCUT2D eigenvalue weighted by atomic mass is 9.99. The van der Waals surface area contributed by atoms with Crippen molar-refractivity contribution in [2.75, 3.05) is 26.4 Å². The van der Waals surface area contributed by atoms with Crippen LogP contribution in [-0.4, -0.2) is 97.5 Å². The number of aliphatic hydroxyl groups is 3. The molecule has 12 nitrogen and oxygen atoms in total. The van der Waals surface area contributed by atoms with Crippen molar-refractivity contribution >= 4 is 16.4 Å². The Balaban J connectivity index is 2.41. The molecule has 1 saturated heterocycles.